The second kappa shape index (κ2) is 9.22. The number of hydrogen-bond donors (Lipinski definition) is 2. The van der Waals surface area contributed by atoms with Gasteiger partial charge in [0, 0.05) is 18.9 Å². The van der Waals surface area contributed by atoms with Gasteiger partial charge < -0.3 is 10.6 Å². The lowest BCUT2D eigenvalue weighted by Gasteiger charge is -2.04. The van der Waals surface area contributed by atoms with Gasteiger partial charge in [0.25, 0.3) is 5.91 Å². The van der Waals surface area contributed by atoms with E-state index in [0.29, 0.717) is 24.6 Å². The Hall–Kier alpha value is -4.04. The minimum Gasteiger partial charge on any atom is -0.356 e. The van der Waals surface area contributed by atoms with Crippen molar-refractivity contribution >= 4 is 27.9 Å². The summed E-state index contributed by atoms with van der Waals surface area (Å²) in [7, 11) is 0. The molecule has 0 saturated carbocycles. The number of nitrogens with zero attached hydrogens (tertiary/aromatic N) is 4. The predicted molar refractivity (Wildman–Crippen MR) is 130 cm³/mol. The number of thiazole rings is 1. The fraction of sp³-hybridized carbons (Fsp3) is 0.120. The van der Waals surface area contributed by atoms with Crippen molar-refractivity contribution in [3.05, 3.63) is 102 Å². The van der Waals surface area contributed by atoms with E-state index >= 15 is 0 Å². The largest absolute Gasteiger partial charge is 0.356 e. The summed E-state index contributed by atoms with van der Waals surface area (Å²) < 4.78 is 1.93. The van der Waals surface area contributed by atoms with Crippen LogP contribution in [0.4, 0.5) is 5.13 Å². The Kier molecular flexibility index (Phi) is 5.82. The highest BCUT2D eigenvalue weighted by Gasteiger charge is 2.19. The standard InChI is InChI=1S/C25H22N6OS/c1-17-8-10-18(11-9-17)14-27-24(32)22-20-7-3-5-13-31(20)23(30-22)21-16-29-25(33-21)28-15-19-6-2-4-12-26-19/h2-13,16H,14-15H2,1H3,(H,27,32)(H,28,29). The number of anilines is 1. The lowest BCUT2D eigenvalue weighted by atomic mass is 10.1. The molecule has 0 fully saturated rings. The zero-order valence-corrected chi connectivity index (χ0v) is 18.8. The Morgan fingerprint density at radius 2 is 1.85 bits per heavy atom. The number of aryl methyl sites for hydroxylation is 1. The maximum Gasteiger partial charge on any atom is 0.272 e. The molecule has 0 unspecified atom stereocenters. The molecule has 8 heteroatoms. The number of amides is 1. The molecule has 0 bridgehead atoms. The second-order valence-electron chi connectivity index (χ2n) is 7.61. The third kappa shape index (κ3) is 4.61. The molecule has 5 rings (SSSR count). The summed E-state index contributed by atoms with van der Waals surface area (Å²) in [6.45, 7) is 3.07. The van der Waals surface area contributed by atoms with Crippen LogP contribution in [-0.2, 0) is 13.1 Å². The quantitative estimate of drug-likeness (QED) is 0.372. The maximum atomic E-state index is 13.0. The molecule has 0 saturated heterocycles. The van der Waals surface area contributed by atoms with E-state index in [0.717, 1.165) is 26.8 Å². The van der Waals surface area contributed by atoms with E-state index in [1.54, 1.807) is 12.4 Å². The van der Waals surface area contributed by atoms with Gasteiger partial charge in [-0.15, -0.1) is 0 Å². The molecule has 1 amide bonds. The van der Waals surface area contributed by atoms with Gasteiger partial charge in [-0.25, -0.2) is 9.97 Å². The van der Waals surface area contributed by atoms with E-state index in [-0.39, 0.29) is 5.91 Å². The number of benzene rings is 1. The predicted octanol–water partition coefficient (Wildman–Crippen LogP) is 4.70. The molecule has 0 aliphatic carbocycles. The normalized spacial score (nSPS) is 10.9. The number of aromatic nitrogens is 4. The number of rotatable bonds is 7. The number of carbonyl (C=O) groups is 1. The van der Waals surface area contributed by atoms with Crippen molar-refractivity contribution in [1.82, 2.24) is 24.7 Å². The van der Waals surface area contributed by atoms with Gasteiger partial charge in [-0.1, -0.05) is 53.3 Å². The Morgan fingerprint density at radius 3 is 2.67 bits per heavy atom. The second-order valence-corrected chi connectivity index (χ2v) is 8.64. The summed E-state index contributed by atoms with van der Waals surface area (Å²) in [5.74, 6) is 0.484. The monoisotopic (exact) mass is 454 g/mol. The number of imidazole rings is 1. The summed E-state index contributed by atoms with van der Waals surface area (Å²) >= 11 is 1.49. The molecule has 0 spiro atoms. The molecule has 7 nitrogen and oxygen atoms in total. The maximum absolute atomic E-state index is 13.0. The molecule has 33 heavy (non-hydrogen) atoms. The van der Waals surface area contributed by atoms with Gasteiger partial charge in [-0.3, -0.25) is 14.2 Å². The Balaban J connectivity index is 1.37. The Morgan fingerprint density at radius 1 is 1.00 bits per heavy atom. The first-order valence-corrected chi connectivity index (χ1v) is 11.4. The molecule has 5 aromatic rings. The van der Waals surface area contributed by atoms with E-state index in [4.69, 9.17) is 4.98 Å². The first-order chi connectivity index (χ1) is 16.2. The zero-order valence-electron chi connectivity index (χ0n) is 18.0. The van der Waals surface area contributed by atoms with Crippen molar-refractivity contribution < 1.29 is 4.79 Å². The minimum absolute atomic E-state index is 0.205. The fourth-order valence-electron chi connectivity index (χ4n) is 3.48. The minimum atomic E-state index is -0.205. The van der Waals surface area contributed by atoms with Crippen LogP contribution < -0.4 is 10.6 Å². The van der Waals surface area contributed by atoms with Crippen molar-refractivity contribution in [3.63, 3.8) is 0 Å². The van der Waals surface area contributed by atoms with Gasteiger partial charge in [-0.2, -0.15) is 0 Å². The average Bonchev–Trinajstić information content (AvgIpc) is 3.48. The molecule has 4 aromatic heterocycles. The smallest absolute Gasteiger partial charge is 0.272 e. The van der Waals surface area contributed by atoms with E-state index in [1.165, 1.54) is 16.9 Å². The van der Waals surface area contributed by atoms with Crippen LogP contribution in [0.1, 0.15) is 27.3 Å². The van der Waals surface area contributed by atoms with Crippen LogP contribution in [0, 0.1) is 6.92 Å². The summed E-state index contributed by atoms with van der Waals surface area (Å²) in [6, 6.07) is 19.7. The topological polar surface area (TPSA) is 84.2 Å². The number of fused-ring (bicyclic) bond motifs is 1. The zero-order chi connectivity index (χ0) is 22.6. The van der Waals surface area contributed by atoms with Gasteiger partial charge in [0.05, 0.1) is 28.8 Å². The number of hydrogen-bond acceptors (Lipinski definition) is 6. The van der Waals surface area contributed by atoms with Gasteiger partial charge in [0.1, 0.15) is 0 Å². The van der Waals surface area contributed by atoms with E-state index < -0.39 is 0 Å². The first kappa shape index (κ1) is 20.8. The van der Waals surface area contributed by atoms with Crippen LogP contribution in [0.15, 0.2) is 79.3 Å². The number of pyridine rings is 2. The number of carbonyl (C=O) groups excluding carboxylic acids is 1. The molecular formula is C25H22N6OS. The van der Waals surface area contributed by atoms with E-state index in [1.807, 2.05) is 78.2 Å². The molecule has 0 aliphatic rings. The fourth-order valence-corrected chi connectivity index (χ4v) is 4.28. The lowest BCUT2D eigenvalue weighted by molar-refractivity contribution is 0.0948. The van der Waals surface area contributed by atoms with E-state index in [9.17, 15) is 4.79 Å². The van der Waals surface area contributed by atoms with Crippen LogP contribution in [0.25, 0.3) is 16.2 Å². The van der Waals surface area contributed by atoms with Gasteiger partial charge in [0.15, 0.2) is 16.6 Å². The van der Waals surface area contributed by atoms with Crippen LogP contribution in [0.2, 0.25) is 0 Å². The summed E-state index contributed by atoms with van der Waals surface area (Å²) in [4.78, 5) is 27.4. The van der Waals surface area contributed by atoms with Crippen molar-refractivity contribution in [3.8, 4) is 10.7 Å². The molecule has 4 heterocycles. The van der Waals surface area contributed by atoms with Gasteiger partial charge >= 0.3 is 0 Å². The lowest BCUT2D eigenvalue weighted by Crippen LogP contribution is -2.23. The van der Waals surface area contributed by atoms with Crippen molar-refractivity contribution in [2.24, 2.45) is 0 Å². The summed E-state index contributed by atoms with van der Waals surface area (Å²) in [5.41, 5.74) is 4.32. The van der Waals surface area contributed by atoms with Crippen LogP contribution in [-0.4, -0.2) is 25.3 Å². The summed E-state index contributed by atoms with van der Waals surface area (Å²) in [6.07, 6.45) is 5.46. The summed E-state index contributed by atoms with van der Waals surface area (Å²) in [5, 5.41) is 7.06. The molecular weight excluding hydrogens is 432 g/mol. The van der Waals surface area contributed by atoms with Gasteiger partial charge in [-0.05, 0) is 36.8 Å². The van der Waals surface area contributed by atoms with E-state index in [2.05, 4.69) is 20.6 Å². The van der Waals surface area contributed by atoms with Crippen molar-refractivity contribution in [2.45, 2.75) is 20.0 Å². The molecule has 2 N–H and O–H groups in total. The third-order valence-corrected chi connectivity index (χ3v) is 6.16. The molecule has 0 radical (unpaired) electrons. The highest BCUT2D eigenvalue weighted by molar-refractivity contribution is 7.18. The third-order valence-electron chi connectivity index (χ3n) is 5.21. The Labute approximate surface area is 195 Å². The van der Waals surface area contributed by atoms with Crippen LogP contribution in [0.5, 0.6) is 0 Å². The van der Waals surface area contributed by atoms with Crippen molar-refractivity contribution in [2.75, 3.05) is 5.32 Å². The van der Waals surface area contributed by atoms with Crippen molar-refractivity contribution in [1.29, 1.82) is 0 Å². The SMILES string of the molecule is Cc1ccc(CNC(=O)c2nc(-c3cnc(NCc4ccccn4)s3)n3ccccc23)cc1. The first-order valence-electron chi connectivity index (χ1n) is 10.6. The van der Waals surface area contributed by atoms with Crippen LogP contribution >= 0.6 is 11.3 Å². The average molecular weight is 455 g/mol. The molecule has 0 atom stereocenters. The highest BCUT2D eigenvalue weighted by Crippen LogP contribution is 2.30. The van der Waals surface area contributed by atoms with Gasteiger partial charge in [0.2, 0.25) is 0 Å². The highest BCUT2D eigenvalue weighted by atomic mass is 32.1. The van der Waals surface area contributed by atoms with Crippen LogP contribution in [0.3, 0.4) is 0 Å². The number of nitrogens with one attached hydrogen (secondary N) is 2. The Bertz CT molecular complexity index is 1390. The molecule has 0 aliphatic heterocycles. The molecule has 1 aromatic carbocycles. The molecule has 164 valence electrons.